The van der Waals surface area contributed by atoms with Crippen LogP contribution < -0.4 is 15.4 Å². The Kier molecular flexibility index (Phi) is 5.51. The van der Waals surface area contributed by atoms with Crippen LogP contribution in [0.2, 0.25) is 0 Å². The van der Waals surface area contributed by atoms with E-state index in [0.29, 0.717) is 5.56 Å². The van der Waals surface area contributed by atoms with Gasteiger partial charge >= 0.3 is 6.03 Å². The van der Waals surface area contributed by atoms with Crippen molar-refractivity contribution in [2.24, 2.45) is 0 Å². The number of imide groups is 1. The number of ether oxygens (including phenoxy) is 1. The molecule has 2 N–H and O–H groups in total. The second-order valence-electron chi connectivity index (χ2n) is 5.45. The summed E-state index contributed by atoms with van der Waals surface area (Å²) in [5.41, 5.74) is 0.252. The van der Waals surface area contributed by atoms with Gasteiger partial charge in [-0.15, -0.1) is 0 Å². The van der Waals surface area contributed by atoms with Crippen LogP contribution in [0.4, 0.5) is 10.5 Å². The van der Waals surface area contributed by atoms with Crippen LogP contribution in [0.3, 0.4) is 0 Å². The summed E-state index contributed by atoms with van der Waals surface area (Å²) in [5.74, 6) is -0.364. The standard InChI is InChI=1S/C15H19N3O5/c1-10-12(18(21)22)7-4-8-13(10)23-9-14(19)17-15(20)16-11-5-2-3-6-11/h4,7-8,11H,2-3,5-6,9H2,1H3,(H2,16,17,19,20). The maximum Gasteiger partial charge on any atom is 0.321 e. The highest BCUT2D eigenvalue weighted by atomic mass is 16.6. The van der Waals surface area contributed by atoms with Crippen molar-refractivity contribution in [2.45, 2.75) is 38.6 Å². The van der Waals surface area contributed by atoms with Gasteiger partial charge in [0.05, 0.1) is 10.5 Å². The van der Waals surface area contributed by atoms with Gasteiger partial charge in [0.25, 0.3) is 11.6 Å². The number of rotatable bonds is 5. The lowest BCUT2D eigenvalue weighted by Crippen LogP contribution is -2.45. The quantitative estimate of drug-likeness (QED) is 0.637. The molecule has 23 heavy (non-hydrogen) atoms. The first-order valence-electron chi connectivity index (χ1n) is 7.44. The van der Waals surface area contributed by atoms with Gasteiger partial charge in [0, 0.05) is 12.1 Å². The molecule has 0 bridgehead atoms. The van der Waals surface area contributed by atoms with Crippen LogP contribution in [0.1, 0.15) is 31.2 Å². The summed E-state index contributed by atoms with van der Waals surface area (Å²) >= 11 is 0. The molecule has 1 saturated carbocycles. The number of nitro groups is 1. The van der Waals surface area contributed by atoms with Gasteiger partial charge in [0.15, 0.2) is 6.61 Å². The van der Waals surface area contributed by atoms with Crippen molar-refractivity contribution in [2.75, 3.05) is 6.61 Å². The van der Waals surface area contributed by atoms with E-state index in [4.69, 9.17) is 4.74 Å². The molecule has 8 nitrogen and oxygen atoms in total. The number of urea groups is 1. The van der Waals surface area contributed by atoms with Gasteiger partial charge in [0.2, 0.25) is 0 Å². The van der Waals surface area contributed by atoms with E-state index in [-0.39, 0.29) is 24.1 Å². The molecule has 2 rings (SSSR count). The Labute approximate surface area is 133 Å². The van der Waals surface area contributed by atoms with E-state index in [9.17, 15) is 19.7 Å². The summed E-state index contributed by atoms with van der Waals surface area (Å²) in [6.07, 6.45) is 4.00. The third-order valence-corrected chi connectivity index (χ3v) is 3.75. The number of carbonyl (C=O) groups is 2. The third-order valence-electron chi connectivity index (χ3n) is 3.75. The summed E-state index contributed by atoms with van der Waals surface area (Å²) < 4.78 is 5.26. The minimum atomic E-state index is -0.605. The van der Waals surface area contributed by atoms with Gasteiger partial charge in [-0.1, -0.05) is 18.9 Å². The number of nitro benzene ring substituents is 1. The van der Waals surface area contributed by atoms with E-state index in [1.165, 1.54) is 25.1 Å². The Balaban J connectivity index is 1.83. The summed E-state index contributed by atoms with van der Waals surface area (Å²) in [7, 11) is 0. The maximum absolute atomic E-state index is 11.7. The van der Waals surface area contributed by atoms with Crippen molar-refractivity contribution in [3.8, 4) is 5.75 Å². The second kappa shape index (κ2) is 7.57. The monoisotopic (exact) mass is 321 g/mol. The van der Waals surface area contributed by atoms with Crippen LogP contribution >= 0.6 is 0 Å². The van der Waals surface area contributed by atoms with Crippen molar-refractivity contribution in [1.29, 1.82) is 0 Å². The van der Waals surface area contributed by atoms with E-state index in [2.05, 4.69) is 10.6 Å². The molecule has 1 aromatic rings. The average Bonchev–Trinajstić information content (AvgIpc) is 2.98. The number of hydrogen-bond acceptors (Lipinski definition) is 5. The molecule has 1 aromatic carbocycles. The minimum absolute atomic E-state index is 0.0816. The highest BCUT2D eigenvalue weighted by Gasteiger charge is 2.19. The number of nitrogens with zero attached hydrogens (tertiary/aromatic N) is 1. The number of amides is 3. The van der Waals surface area contributed by atoms with Gasteiger partial charge < -0.3 is 10.1 Å². The largest absolute Gasteiger partial charge is 0.483 e. The minimum Gasteiger partial charge on any atom is -0.483 e. The predicted molar refractivity (Wildman–Crippen MR) is 82.3 cm³/mol. The van der Waals surface area contributed by atoms with Crippen molar-refractivity contribution in [3.05, 3.63) is 33.9 Å². The van der Waals surface area contributed by atoms with Gasteiger partial charge in [-0.3, -0.25) is 20.2 Å². The van der Waals surface area contributed by atoms with Crippen LogP contribution in [0.15, 0.2) is 18.2 Å². The Morgan fingerprint density at radius 2 is 2.04 bits per heavy atom. The smallest absolute Gasteiger partial charge is 0.321 e. The fourth-order valence-electron chi connectivity index (χ4n) is 2.55. The first kappa shape index (κ1) is 16.7. The van der Waals surface area contributed by atoms with Crippen molar-refractivity contribution in [1.82, 2.24) is 10.6 Å². The molecule has 1 fully saturated rings. The molecule has 1 aliphatic rings. The molecule has 0 aromatic heterocycles. The molecular weight excluding hydrogens is 302 g/mol. The SMILES string of the molecule is Cc1c(OCC(=O)NC(=O)NC2CCCC2)cccc1[N+](=O)[O-]. The molecule has 8 heteroatoms. The van der Waals surface area contributed by atoms with E-state index in [0.717, 1.165) is 25.7 Å². The molecule has 0 heterocycles. The van der Waals surface area contributed by atoms with Crippen LogP contribution in [-0.4, -0.2) is 29.5 Å². The average molecular weight is 321 g/mol. The Morgan fingerprint density at radius 3 is 2.70 bits per heavy atom. The summed E-state index contributed by atoms with van der Waals surface area (Å²) in [6, 6.07) is 3.94. The zero-order chi connectivity index (χ0) is 16.8. The highest BCUT2D eigenvalue weighted by molar-refractivity contribution is 5.95. The molecule has 1 aliphatic carbocycles. The van der Waals surface area contributed by atoms with Crippen LogP contribution in [0.5, 0.6) is 5.75 Å². The molecule has 0 spiro atoms. The van der Waals surface area contributed by atoms with Gasteiger partial charge in [-0.05, 0) is 25.8 Å². The number of nitrogens with one attached hydrogen (secondary N) is 2. The molecule has 0 radical (unpaired) electrons. The summed E-state index contributed by atoms with van der Waals surface area (Å²) in [6.45, 7) is 1.15. The molecule has 3 amide bonds. The summed E-state index contributed by atoms with van der Waals surface area (Å²) in [4.78, 5) is 33.7. The van der Waals surface area contributed by atoms with E-state index < -0.39 is 16.9 Å². The van der Waals surface area contributed by atoms with Crippen molar-refractivity contribution < 1.29 is 19.2 Å². The molecule has 0 saturated heterocycles. The number of carbonyl (C=O) groups excluding carboxylic acids is 2. The Morgan fingerprint density at radius 1 is 1.35 bits per heavy atom. The van der Waals surface area contributed by atoms with Gasteiger partial charge in [0.1, 0.15) is 5.75 Å². The van der Waals surface area contributed by atoms with E-state index in [1.54, 1.807) is 0 Å². The van der Waals surface area contributed by atoms with Gasteiger partial charge in [-0.25, -0.2) is 4.79 Å². The Hall–Kier alpha value is -2.64. The van der Waals surface area contributed by atoms with E-state index >= 15 is 0 Å². The Bertz CT molecular complexity index is 611. The second-order valence-corrected chi connectivity index (χ2v) is 5.45. The molecule has 0 aliphatic heterocycles. The third kappa shape index (κ3) is 4.67. The molecular formula is C15H19N3O5. The highest BCUT2D eigenvalue weighted by Crippen LogP contribution is 2.26. The fraction of sp³-hybridized carbons (Fsp3) is 0.467. The van der Waals surface area contributed by atoms with Crippen LogP contribution in [0, 0.1) is 17.0 Å². The van der Waals surface area contributed by atoms with Crippen LogP contribution in [0.25, 0.3) is 0 Å². The number of hydrogen-bond donors (Lipinski definition) is 2. The fourth-order valence-corrected chi connectivity index (χ4v) is 2.55. The summed E-state index contributed by atoms with van der Waals surface area (Å²) in [5, 5.41) is 15.8. The maximum atomic E-state index is 11.7. The van der Waals surface area contributed by atoms with E-state index in [1.807, 2.05) is 0 Å². The van der Waals surface area contributed by atoms with Crippen molar-refractivity contribution >= 4 is 17.6 Å². The first-order valence-corrected chi connectivity index (χ1v) is 7.44. The molecule has 124 valence electrons. The molecule has 0 unspecified atom stereocenters. The lowest BCUT2D eigenvalue weighted by Gasteiger charge is -2.13. The zero-order valence-electron chi connectivity index (χ0n) is 12.8. The normalized spacial score (nSPS) is 14.3. The first-order chi connectivity index (χ1) is 11.0. The lowest BCUT2D eigenvalue weighted by atomic mass is 10.2. The van der Waals surface area contributed by atoms with Gasteiger partial charge in [-0.2, -0.15) is 0 Å². The lowest BCUT2D eigenvalue weighted by molar-refractivity contribution is -0.385. The van der Waals surface area contributed by atoms with Crippen molar-refractivity contribution in [3.63, 3.8) is 0 Å². The van der Waals surface area contributed by atoms with Crippen LogP contribution in [-0.2, 0) is 4.79 Å². The zero-order valence-corrected chi connectivity index (χ0v) is 12.8. The number of benzene rings is 1. The topological polar surface area (TPSA) is 111 Å². The molecule has 0 atom stereocenters. The predicted octanol–water partition coefficient (Wildman–Crippen LogP) is 2.05.